The predicted octanol–water partition coefficient (Wildman–Crippen LogP) is 4.62. The molecule has 0 aliphatic carbocycles. The number of halogens is 2. The molecular weight excluding hydrogens is 319 g/mol. The number of para-hydroxylation sites is 1. The maximum atomic E-state index is 10.3. The van der Waals surface area contributed by atoms with Gasteiger partial charge in [-0.25, -0.2) is 0 Å². The van der Waals surface area contributed by atoms with Gasteiger partial charge in [-0.1, -0.05) is 47.5 Å². The molecule has 0 aliphatic rings. The Kier molecular flexibility index (Phi) is 3.89. The van der Waals surface area contributed by atoms with Gasteiger partial charge in [0.25, 0.3) is 0 Å². The SMILES string of the molecule is CC(C)(O)c1nn(Cc2ccc(Cl)cc2Cl)c2ccccc12. The molecule has 3 aromatic rings. The van der Waals surface area contributed by atoms with Gasteiger partial charge in [-0.05, 0) is 37.6 Å². The third-order valence-corrected chi connectivity index (χ3v) is 4.16. The van der Waals surface area contributed by atoms with E-state index in [-0.39, 0.29) is 0 Å². The van der Waals surface area contributed by atoms with E-state index >= 15 is 0 Å². The molecule has 0 saturated carbocycles. The number of hydrogen-bond acceptors (Lipinski definition) is 2. The van der Waals surface area contributed by atoms with Crippen LogP contribution >= 0.6 is 23.2 Å². The minimum Gasteiger partial charge on any atom is -0.384 e. The first kappa shape index (κ1) is 15.3. The lowest BCUT2D eigenvalue weighted by atomic mass is 10.0. The molecule has 0 saturated heterocycles. The molecule has 0 atom stereocenters. The third-order valence-electron chi connectivity index (χ3n) is 3.57. The second-order valence-electron chi connectivity index (χ2n) is 5.82. The number of aliphatic hydroxyl groups is 1. The van der Waals surface area contributed by atoms with Crippen molar-refractivity contribution in [1.82, 2.24) is 9.78 Å². The summed E-state index contributed by atoms with van der Waals surface area (Å²) in [5, 5.41) is 17.1. The Bertz CT molecular complexity index is 834. The predicted molar refractivity (Wildman–Crippen MR) is 90.5 cm³/mol. The second-order valence-corrected chi connectivity index (χ2v) is 6.66. The van der Waals surface area contributed by atoms with E-state index in [1.807, 2.05) is 41.1 Å². The summed E-state index contributed by atoms with van der Waals surface area (Å²) in [6, 6.07) is 13.3. The summed E-state index contributed by atoms with van der Waals surface area (Å²) in [7, 11) is 0. The number of fused-ring (bicyclic) bond motifs is 1. The molecule has 5 heteroatoms. The molecule has 0 spiro atoms. The van der Waals surface area contributed by atoms with Crippen molar-refractivity contribution in [3.05, 3.63) is 63.8 Å². The lowest BCUT2D eigenvalue weighted by molar-refractivity contribution is 0.0746. The molecule has 0 aliphatic heterocycles. The average Bonchev–Trinajstić information content (AvgIpc) is 2.81. The zero-order valence-corrected chi connectivity index (χ0v) is 13.9. The summed E-state index contributed by atoms with van der Waals surface area (Å²) >= 11 is 12.2. The van der Waals surface area contributed by atoms with Gasteiger partial charge in [-0.2, -0.15) is 5.10 Å². The van der Waals surface area contributed by atoms with E-state index in [4.69, 9.17) is 23.2 Å². The van der Waals surface area contributed by atoms with Crippen molar-refractivity contribution in [2.45, 2.75) is 26.0 Å². The van der Waals surface area contributed by atoms with Crippen LogP contribution in [0.15, 0.2) is 42.5 Å². The van der Waals surface area contributed by atoms with Crippen LogP contribution in [0, 0.1) is 0 Å². The van der Waals surface area contributed by atoms with Crippen LogP contribution in [0.4, 0.5) is 0 Å². The summed E-state index contributed by atoms with van der Waals surface area (Å²) in [6.45, 7) is 4.00. The van der Waals surface area contributed by atoms with Crippen LogP contribution in [0.25, 0.3) is 10.9 Å². The highest BCUT2D eigenvalue weighted by molar-refractivity contribution is 6.35. The average molecular weight is 335 g/mol. The summed E-state index contributed by atoms with van der Waals surface area (Å²) in [4.78, 5) is 0. The molecule has 1 heterocycles. The van der Waals surface area contributed by atoms with Crippen molar-refractivity contribution in [2.75, 3.05) is 0 Å². The van der Waals surface area contributed by atoms with Crippen molar-refractivity contribution < 1.29 is 5.11 Å². The number of rotatable bonds is 3. The van der Waals surface area contributed by atoms with Gasteiger partial charge in [0.1, 0.15) is 11.3 Å². The van der Waals surface area contributed by atoms with Gasteiger partial charge in [-0.15, -0.1) is 0 Å². The van der Waals surface area contributed by atoms with Crippen molar-refractivity contribution in [1.29, 1.82) is 0 Å². The Morgan fingerprint density at radius 1 is 1.14 bits per heavy atom. The Labute approximate surface area is 139 Å². The minimum atomic E-state index is -1.01. The maximum Gasteiger partial charge on any atom is 0.103 e. The molecule has 0 fully saturated rings. The van der Waals surface area contributed by atoms with E-state index in [0.717, 1.165) is 16.5 Å². The third kappa shape index (κ3) is 2.84. The Hall–Kier alpha value is -1.55. The Balaban J connectivity index is 2.11. The van der Waals surface area contributed by atoms with Gasteiger partial charge in [0.2, 0.25) is 0 Å². The lowest BCUT2D eigenvalue weighted by Crippen LogP contribution is -2.17. The molecule has 114 valence electrons. The molecule has 0 amide bonds. The van der Waals surface area contributed by atoms with Gasteiger partial charge in [0.15, 0.2) is 0 Å². The quantitative estimate of drug-likeness (QED) is 0.758. The zero-order chi connectivity index (χ0) is 15.9. The van der Waals surface area contributed by atoms with E-state index in [1.165, 1.54) is 0 Å². The van der Waals surface area contributed by atoms with Crippen LogP contribution in [-0.4, -0.2) is 14.9 Å². The molecule has 0 unspecified atom stereocenters. The second kappa shape index (κ2) is 5.58. The number of benzene rings is 2. The Morgan fingerprint density at radius 2 is 1.86 bits per heavy atom. The molecule has 3 nitrogen and oxygen atoms in total. The van der Waals surface area contributed by atoms with Crippen LogP contribution in [0.2, 0.25) is 10.0 Å². The van der Waals surface area contributed by atoms with Crippen molar-refractivity contribution in [3.8, 4) is 0 Å². The summed E-state index contributed by atoms with van der Waals surface area (Å²) in [5.41, 5.74) is 1.55. The van der Waals surface area contributed by atoms with Gasteiger partial charge >= 0.3 is 0 Å². The highest BCUT2D eigenvalue weighted by atomic mass is 35.5. The minimum absolute atomic E-state index is 0.520. The maximum absolute atomic E-state index is 10.3. The standard InChI is InChI=1S/C17H16Cl2N2O/c1-17(2,22)16-13-5-3-4-6-15(13)21(20-16)10-11-7-8-12(18)9-14(11)19/h3-9,22H,10H2,1-2H3. The van der Waals surface area contributed by atoms with Crippen LogP contribution in [-0.2, 0) is 12.1 Å². The van der Waals surface area contributed by atoms with Crippen molar-refractivity contribution in [2.24, 2.45) is 0 Å². The van der Waals surface area contributed by atoms with E-state index in [0.29, 0.717) is 22.3 Å². The summed E-state index contributed by atoms with van der Waals surface area (Å²) in [5.74, 6) is 0. The van der Waals surface area contributed by atoms with E-state index < -0.39 is 5.60 Å². The normalized spacial score (nSPS) is 12.0. The van der Waals surface area contributed by atoms with Gasteiger partial charge in [0.05, 0.1) is 12.1 Å². The van der Waals surface area contributed by atoms with Crippen LogP contribution in [0.5, 0.6) is 0 Å². The van der Waals surface area contributed by atoms with Gasteiger partial charge in [0, 0.05) is 15.4 Å². The Morgan fingerprint density at radius 3 is 2.55 bits per heavy atom. The number of aromatic nitrogens is 2. The monoisotopic (exact) mass is 334 g/mol. The highest BCUT2D eigenvalue weighted by Crippen LogP contribution is 2.29. The van der Waals surface area contributed by atoms with E-state index in [1.54, 1.807) is 19.9 Å². The fourth-order valence-corrected chi connectivity index (χ4v) is 2.98. The molecule has 1 N–H and O–H groups in total. The van der Waals surface area contributed by atoms with Gasteiger partial charge in [-0.3, -0.25) is 4.68 Å². The first-order chi connectivity index (χ1) is 10.4. The highest BCUT2D eigenvalue weighted by Gasteiger charge is 2.24. The molecule has 1 aromatic heterocycles. The molecular formula is C17H16Cl2N2O. The molecule has 0 radical (unpaired) electrons. The molecule has 3 rings (SSSR count). The number of nitrogens with zero attached hydrogens (tertiary/aromatic N) is 2. The van der Waals surface area contributed by atoms with Crippen LogP contribution in [0.3, 0.4) is 0 Å². The van der Waals surface area contributed by atoms with Crippen LogP contribution in [0.1, 0.15) is 25.1 Å². The largest absolute Gasteiger partial charge is 0.384 e. The lowest BCUT2D eigenvalue weighted by Gasteiger charge is -2.14. The first-order valence-corrected chi connectivity index (χ1v) is 7.74. The van der Waals surface area contributed by atoms with Crippen molar-refractivity contribution >= 4 is 34.1 Å². The fourth-order valence-electron chi connectivity index (χ4n) is 2.51. The van der Waals surface area contributed by atoms with E-state index in [2.05, 4.69) is 5.10 Å². The molecule has 22 heavy (non-hydrogen) atoms. The molecule has 0 bridgehead atoms. The summed E-state index contributed by atoms with van der Waals surface area (Å²) < 4.78 is 1.86. The van der Waals surface area contributed by atoms with Crippen LogP contribution < -0.4 is 0 Å². The van der Waals surface area contributed by atoms with Crippen molar-refractivity contribution in [3.63, 3.8) is 0 Å². The summed E-state index contributed by atoms with van der Waals surface area (Å²) in [6.07, 6.45) is 0. The molecule has 2 aromatic carbocycles. The zero-order valence-electron chi connectivity index (χ0n) is 12.3. The van der Waals surface area contributed by atoms with Gasteiger partial charge < -0.3 is 5.11 Å². The topological polar surface area (TPSA) is 38.1 Å². The smallest absolute Gasteiger partial charge is 0.103 e. The first-order valence-electron chi connectivity index (χ1n) is 6.98. The van der Waals surface area contributed by atoms with E-state index in [9.17, 15) is 5.11 Å². The number of hydrogen-bond donors (Lipinski definition) is 1. The fraction of sp³-hybridized carbons (Fsp3) is 0.235.